The first-order valence-electron chi connectivity index (χ1n) is 10.6. The maximum atomic E-state index is 13.2. The molecule has 0 radical (unpaired) electrons. The molecule has 0 amide bonds. The number of nitrogens with one attached hydrogen (secondary N) is 2. The molecule has 1 aromatic carbocycles. The first kappa shape index (κ1) is 20.7. The fraction of sp³-hybridized carbons (Fsp3) is 0.435. The molecule has 0 unspecified atom stereocenters. The van der Waals surface area contributed by atoms with E-state index in [-0.39, 0.29) is 17.3 Å². The highest BCUT2D eigenvalue weighted by molar-refractivity contribution is 7.99. The summed E-state index contributed by atoms with van der Waals surface area (Å²) in [6, 6.07) is 8.10. The third kappa shape index (κ3) is 3.90. The average molecular weight is 425 g/mol. The number of thioether (sulfide) groups is 1. The van der Waals surface area contributed by atoms with E-state index in [1.807, 2.05) is 43.3 Å². The summed E-state index contributed by atoms with van der Waals surface area (Å²) in [7, 11) is 3.99. The van der Waals surface area contributed by atoms with Crippen LogP contribution in [0.1, 0.15) is 56.1 Å². The van der Waals surface area contributed by atoms with Crippen LogP contribution in [0.4, 0.5) is 11.5 Å². The lowest BCUT2D eigenvalue weighted by Crippen LogP contribution is -2.32. The Morgan fingerprint density at radius 2 is 1.93 bits per heavy atom. The van der Waals surface area contributed by atoms with Crippen molar-refractivity contribution in [2.75, 3.05) is 30.1 Å². The van der Waals surface area contributed by atoms with Gasteiger partial charge in [0.05, 0.1) is 5.56 Å². The Balaban J connectivity index is 1.81. The van der Waals surface area contributed by atoms with Crippen molar-refractivity contribution in [1.29, 1.82) is 0 Å². The lowest BCUT2D eigenvalue weighted by atomic mass is 9.76. The topological polar surface area (TPSA) is 78.1 Å². The minimum absolute atomic E-state index is 0.122. The van der Waals surface area contributed by atoms with Gasteiger partial charge in [-0.3, -0.25) is 9.59 Å². The number of carbonyl (C=O) groups excluding carboxylic acids is 1. The van der Waals surface area contributed by atoms with E-state index < -0.39 is 0 Å². The van der Waals surface area contributed by atoms with Crippen LogP contribution in [-0.4, -0.2) is 35.6 Å². The molecule has 0 spiro atoms. The number of carbonyl (C=O) groups is 1. The van der Waals surface area contributed by atoms with Gasteiger partial charge in [-0.1, -0.05) is 37.2 Å². The molecule has 2 aromatic rings. The van der Waals surface area contributed by atoms with Gasteiger partial charge in [-0.15, -0.1) is 0 Å². The first-order valence-corrected chi connectivity index (χ1v) is 11.6. The molecule has 30 heavy (non-hydrogen) atoms. The van der Waals surface area contributed by atoms with Crippen molar-refractivity contribution < 1.29 is 4.79 Å². The second-order valence-corrected chi connectivity index (χ2v) is 9.13. The van der Waals surface area contributed by atoms with E-state index in [2.05, 4.69) is 17.2 Å². The molecule has 0 saturated heterocycles. The number of aromatic nitrogens is 2. The van der Waals surface area contributed by atoms with Gasteiger partial charge in [0, 0.05) is 49.1 Å². The Kier molecular flexibility index (Phi) is 5.99. The molecule has 0 saturated carbocycles. The van der Waals surface area contributed by atoms with E-state index >= 15 is 0 Å². The fourth-order valence-corrected chi connectivity index (χ4v) is 5.07. The molecule has 2 aliphatic rings. The fourth-order valence-electron chi connectivity index (χ4n) is 4.12. The van der Waals surface area contributed by atoms with Crippen molar-refractivity contribution in [3.05, 3.63) is 57.0 Å². The van der Waals surface area contributed by atoms with E-state index in [1.165, 1.54) is 0 Å². The van der Waals surface area contributed by atoms with Crippen LogP contribution in [0.3, 0.4) is 0 Å². The summed E-state index contributed by atoms with van der Waals surface area (Å²) in [4.78, 5) is 35.8. The molecule has 1 atom stereocenters. The minimum atomic E-state index is -0.383. The average Bonchev–Trinajstić information content (AvgIpc) is 2.73. The highest BCUT2D eigenvalue weighted by atomic mass is 32.2. The zero-order valence-corrected chi connectivity index (χ0v) is 18.6. The van der Waals surface area contributed by atoms with Crippen molar-refractivity contribution in [2.24, 2.45) is 0 Å². The third-order valence-corrected chi connectivity index (χ3v) is 6.68. The Labute approximate surface area is 181 Å². The van der Waals surface area contributed by atoms with E-state index in [1.54, 1.807) is 11.8 Å². The Bertz CT molecular complexity index is 1040. The number of nitrogens with zero attached hydrogens (tertiary/aromatic N) is 2. The number of ketones is 1. The van der Waals surface area contributed by atoms with Crippen LogP contribution in [0.15, 0.2) is 45.5 Å². The molecule has 6 nitrogen and oxygen atoms in total. The van der Waals surface area contributed by atoms with Gasteiger partial charge in [0.1, 0.15) is 5.82 Å². The molecule has 2 N–H and O–H groups in total. The first-order chi connectivity index (χ1) is 14.5. The molecule has 1 aliphatic carbocycles. The summed E-state index contributed by atoms with van der Waals surface area (Å²) in [5.74, 6) is 1.25. The normalized spacial score (nSPS) is 18.0. The van der Waals surface area contributed by atoms with Gasteiger partial charge in [0.25, 0.3) is 5.56 Å². The van der Waals surface area contributed by atoms with Crippen molar-refractivity contribution in [1.82, 2.24) is 9.97 Å². The van der Waals surface area contributed by atoms with Crippen molar-refractivity contribution in [3.63, 3.8) is 0 Å². The number of rotatable bonds is 6. The summed E-state index contributed by atoms with van der Waals surface area (Å²) in [6.07, 6.45) is 4.33. The van der Waals surface area contributed by atoms with Gasteiger partial charge in [-0.2, -0.15) is 0 Å². The Morgan fingerprint density at radius 3 is 2.63 bits per heavy atom. The highest BCUT2D eigenvalue weighted by Gasteiger charge is 2.37. The van der Waals surface area contributed by atoms with Crippen molar-refractivity contribution in [2.45, 2.75) is 50.1 Å². The standard InChI is InChI=1S/C23H28N4O2S/c1-4-5-13-30-23-25-21-20(22(29)26-23)18(14-9-11-15(12-10-14)27(2)3)19-16(24-21)7-6-8-17(19)28/h9-12,18H,4-8,13H2,1-3H3,(H2,24,25,26,29)/t18-/m0/s1. The van der Waals surface area contributed by atoms with Gasteiger partial charge >= 0.3 is 0 Å². The number of Topliss-reactive ketones (excluding diaryl/α,β-unsaturated/α-hetero) is 1. The lowest BCUT2D eigenvalue weighted by molar-refractivity contribution is -0.116. The highest BCUT2D eigenvalue weighted by Crippen LogP contribution is 2.43. The van der Waals surface area contributed by atoms with Crippen molar-refractivity contribution in [3.8, 4) is 0 Å². The zero-order valence-electron chi connectivity index (χ0n) is 17.7. The van der Waals surface area contributed by atoms with Gasteiger partial charge in [-0.25, -0.2) is 4.98 Å². The van der Waals surface area contributed by atoms with E-state index in [0.29, 0.717) is 23.0 Å². The number of aromatic amines is 1. The summed E-state index contributed by atoms with van der Waals surface area (Å²) >= 11 is 1.57. The second kappa shape index (κ2) is 8.68. The Hall–Kier alpha value is -2.54. The number of unbranched alkanes of at least 4 members (excludes halogenated alkanes) is 1. The molecular weight excluding hydrogens is 396 g/mol. The van der Waals surface area contributed by atoms with Gasteiger partial charge in [-0.05, 0) is 37.0 Å². The molecule has 1 aliphatic heterocycles. The van der Waals surface area contributed by atoms with Crippen LogP contribution >= 0.6 is 11.8 Å². The number of benzene rings is 1. The number of hydrogen-bond donors (Lipinski definition) is 2. The van der Waals surface area contributed by atoms with Crippen LogP contribution in [0.2, 0.25) is 0 Å². The maximum absolute atomic E-state index is 13.2. The van der Waals surface area contributed by atoms with Crippen LogP contribution < -0.4 is 15.8 Å². The van der Waals surface area contributed by atoms with Crippen LogP contribution in [0, 0.1) is 0 Å². The summed E-state index contributed by atoms with van der Waals surface area (Å²) < 4.78 is 0. The molecule has 4 rings (SSSR count). The van der Waals surface area contributed by atoms with E-state index in [4.69, 9.17) is 4.98 Å². The maximum Gasteiger partial charge on any atom is 0.257 e. The SMILES string of the molecule is CCCCSc1nc2c(c(=O)[nH]1)[C@@H](c1ccc(N(C)C)cc1)C1=C(CCCC1=O)N2. The van der Waals surface area contributed by atoms with Gasteiger partial charge in [0.2, 0.25) is 0 Å². The van der Waals surface area contributed by atoms with Gasteiger partial charge < -0.3 is 15.2 Å². The number of hydrogen-bond acceptors (Lipinski definition) is 6. The van der Waals surface area contributed by atoms with Crippen LogP contribution in [-0.2, 0) is 4.79 Å². The van der Waals surface area contributed by atoms with E-state index in [9.17, 15) is 9.59 Å². The number of anilines is 2. The quantitative estimate of drug-likeness (QED) is 0.409. The zero-order chi connectivity index (χ0) is 21.3. The Morgan fingerprint density at radius 1 is 1.17 bits per heavy atom. The molecule has 0 fully saturated rings. The number of H-pyrrole nitrogens is 1. The largest absolute Gasteiger partial charge is 0.378 e. The van der Waals surface area contributed by atoms with Gasteiger partial charge in [0.15, 0.2) is 10.9 Å². The molecular formula is C23H28N4O2S. The smallest absolute Gasteiger partial charge is 0.257 e. The van der Waals surface area contributed by atoms with E-state index in [0.717, 1.165) is 54.0 Å². The minimum Gasteiger partial charge on any atom is -0.378 e. The number of allylic oxidation sites excluding steroid dienone is 2. The molecule has 0 bridgehead atoms. The molecule has 7 heteroatoms. The predicted molar refractivity (Wildman–Crippen MR) is 123 cm³/mol. The summed E-state index contributed by atoms with van der Waals surface area (Å²) in [5.41, 5.74) is 4.05. The molecule has 2 heterocycles. The third-order valence-electron chi connectivity index (χ3n) is 5.72. The second-order valence-electron chi connectivity index (χ2n) is 8.05. The predicted octanol–water partition coefficient (Wildman–Crippen LogP) is 4.29. The van der Waals surface area contributed by atoms with Crippen LogP contribution in [0.25, 0.3) is 0 Å². The number of fused-ring (bicyclic) bond motifs is 1. The van der Waals surface area contributed by atoms with Crippen molar-refractivity contribution >= 4 is 29.1 Å². The molecule has 1 aromatic heterocycles. The monoisotopic (exact) mass is 424 g/mol. The summed E-state index contributed by atoms with van der Waals surface area (Å²) in [5, 5.41) is 3.97. The van der Waals surface area contributed by atoms with Crippen LogP contribution in [0.5, 0.6) is 0 Å². The summed E-state index contributed by atoms with van der Waals surface area (Å²) in [6.45, 7) is 2.14. The lowest BCUT2D eigenvalue weighted by Gasteiger charge is -2.33. The molecule has 158 valence electrons.